The summed E-state index contributed by atoms with van der Waals surface area (Å²) >= 11 is 5.87. The van der Waals surface area contributed by atoms with Gasteiger partial charge in [-0.3, -0.25) is 9.59 Å². The molecule has 1 atom stereocenters. The van der Waals surface area contributed by atoms with Gasteiger partial charge in [-0.15, -0.1) is 0 Å². The van der Waals surface area contributed by atoms with Crippen LogP contribution in [0.4, 0.5) is 0 Å². The van der Waals surface area contributed by atoms with Gasteiger partial charge in [-0.05, 0) is 44.9 Å². The van der Waals surface area contributed by atoms with Gasteiger partial charge in [0.05, 0.1) is 6.10 Å². The van der Waals surface area contributed by atoms with E-state index in [1.807, 2.05) is 26.0 Å². The minimum absolute atomic E-state index is 0.143. The predicted octanol–water partition coefficient (Wildman–Crippen LogP) is 3.01. The van der Waals surface area contributed by atoms with Crippen molar-refractivity contribution in [2.75, 3.05) is 13.2 Å². The first kappa shape index (κ1) is 20.5. The number of hydrogen-bond acceptors (Lipinski definition) is 3. The molecule has 0 aliphatic carbocycles. The summed E-state index contributed by atoms with van der Waals surface area (Å²) in [5.74, 6) is -0.306. The smallest absolute Gasteiger partial charge is 0.242 e. The summed E-state index contributed by atoms with van der Waals surface area (Å²) in [6.45, 7) is 8.66. The Bertz CT molecular complexity index is 532. The number of rotatable bonds is 9. The number of ether oxygens (including phenoxy) is 1. The summed E-state index contributed by atoms with van der Waals surface area (Å²) in [5.41, 5.74) is 0.930. The van der Waals surface area contributed by atoms with Crippen LogP contribution in [-0.4, -0.2) is 42.0 Å². The Morgan fingerprint density at radius 1 is 1.21 bits per heavy atom. The standard InChI is InChI=1S/C18H27ClN2O3/c1-13(2)24-11-5-10-20-18(23)14(3)21(15(4)22)12-16-6-8-17(19)9-7-16/h6-9,13-14H,5,10-12H2,1-4H3,(H,20,23). The van der Waals surface area contributed by atoms with Gasteiger partial charge in [-0.1, -0.05) is 23.7 Å². The Morgan fingerprint density at radius 2 is 1.83 bits per heavy atom. The number of carbonyl (C=O) groups excluding carboxylic acids is 2. The van der Waals surface area contributed by atoms with E-state index in [1.165, 1.54) is 6.92 Å². The fourth-order valence-electron chi connectivity index (χ4n) is 2.20. The molecule has 0 bridgehead atoms. The van der Waals surface area contributed by atoms with Crippen LogP contribution in [-0.2, 0) is 20.9 Å². The van der Waals surface area contributed by atoms with Crippen molar-refractivity contribution in [3.8, 4) is 0 Å². The first-order valence-electron chi connectivity index (χ1n) is 8.22. The van der Waals surface area contributed by atoms with Gasteiger partial charge in [-0.2, -0.15) is 0 Å². The second-order valence-electron chi connectivity index (χ2n) is 6.01. The van der Waals surface area contributed by atoms with Crippen molar-refractivity contribution in [3.05, 3.63) is 34.9 Å². The zero-order chi connectivity index (χ0) is 18.1. The van der Waals surface area contributed by atoms with Crippen LogP contribution in [0.25, 0.3) is 0 Å². The lowest BCUT2D eigenvalue weighted by molar-refractivity contribution is -0.139. The van der Waals surface area contributed by atoms with E-state index in [2.05, 4.69) is 5.32 Å². The molecule has 1 unspecified atom stereocenters. The molecule has 1 N–H and O–H groups in total. The molecule has 24 heavy (non-hydrogen) atoms. The van der Waals surface area contributed by atoms with E-state index in [4.69, 9.17) is 16.3 Å². The molecule has 0 fully saturated rings. The van der Waals surface area contributed by atoms with Gasteiger partial charge in [0.2, 0.25) is 11.8 Å². The van der Waals surface area contributed by atoms with Gasteiger partial charge in [0.15, 0.2) is 0 Å². The third kappa shape index (κ3) is 7.32. The quantitative estimate of drug-likeness (QED) is 0.693. The summed E-state index contributed by atoms with van der Waals surface area (Å²) in [6.07, 6.45) is 0.931. The molecule has 0 spiro atoms. The number of halogens is 1. The van der Waals surface area contributed by atoms with Crippen LogP contribution in [0.15, 0.2) is 24.3 Å². The highest BCUT2D eigenvalue weighted by Crippen LogP contribution is 2.13. The van der Waals surface area contributed by atoms with Crippen LogP contribution >= 0.6 is 11.6 Å². The highest BCUT2D eigenvalue weighted by molar-refractivity contribution is 6.30. The van der Waals surface area contributed by atoms with E-state index in [0.29, 0.717) is 24.7 Å². The molecule has 0 aliphatic rings. The van der Waals surface area contributed by atoms with Crippen LogP contribution in [0.1, 0.15) is 39.7 Å². The maximum Gasteiger partial charge on any atom is 0.242 e. The molecule has 0 saturated carbocycles. The van der Waals surface area contributed by atoms with Crippen LogP contribution < -0.4 is 5.32 Å². The summed E-state index contributed by atoms with van der Waals surface area (Å²) < 4.78 is 5.43. The van der Waals surface area contributed by atoms with Crippen molar-refractivity contribution >= 4 is 23.4 Å². The molecule has 0 aliphatic heterocycles. The Kier molecular flexibility index (Phi) is 8.79. The Morgan fingerprint density at radius 3 is 2.38 bits per heavy atom. The normalized spacial score (nSPS) is 12.1. The number of amides is 2. The van der Waals surface area contributed by atoms with Crippen molar-refractivity contribution in [2.45, 2.75) is 52.8 Å². The second-order valence-corrected chi connectivity index (χ2v) is 6.45. The molecular weight excluding hydrogens is 328 g/mol. The Hall–Kier alpha value is -1.59. The van der Waals surface area contributed by atoms with Gasteiger partial charge < -0.3 is 15.0 Å². The molecule has 2 amide bonds. The summed E-state index contributed by atoms with van der Waals surface area (Å²) in [4.78, 5) is 25.7. The molecule has 5 nitrogen and oxygen atoms in total. The van der Waals surface area contributed by atoms with Gasteiger partial charge in [-0.25, -0.2) is 0 Å². The first-order chi connectivity index (χ1) is 11.3. The van der Waals surface area contributed by atoms with Gasteiger partial charge >= 0.3 is 0 Å². The predicted molar refractivity (Wildman–Crippen MR) is 95.9 cm³/mol. The summed E-state index contributed by atoms with van der Waals surface area (Å²) in [5, 5.41) is 3.49. The number of nitrogens with zero attached hydrogens (tertiary/aromatic N) is 1. The fraction of sp³-hybridized carbons (Fsp3) is 0.556. The molecular formula is C18H27ClN2O3. The monoisotopic (exact) mass is 354 g/mol. The van der Waals surface area contributed by atoms with Crippen molar-refractivity contribution < 1.29 is 14.3 Å². The summed E-state index contributed by atoms with van der Waals surface area (Å²) in [6, 6.07) is 6.71. The molecule has 0 heterocycles. The Balaban J connectivity index is 2.52. The molecule has 1 aromatic carbocycles. The molecule has 0 radical (unpaired) electrons. The van der Waals surface area contributed by atoms with Crippen molar-refractivity contribution in [1.29, 1.82) is 0 Å². The third-order valence-electron chi connectivity index (χ3n) is 3.59. The molecule has 134 valence electrons. The molecule has 1 aromatic rings. The number of benzene rings is 1. The zero-order valence-electron chi connectivity index (χ0n) is 14.8. The second kappa shape index (κ2) is 10.3. The first-order valence-corrected chi connectivity index (χ1v) is 8.60. The van der Waals surface area contributed by atoms with Crippen molar-refractivity contribution in [2.24, 2.45) is 0 Å². The lowest BCUT2D eigenvalue weighted by Gasteiger charge is -2.27. The third-order valence-corrected chi connectivity index (χ3v) is 3.84. The van der Waals surface area contributed by atoms with E-state index in [0.717, 1.165) is 12.0 Å². The largest absolute Gasteiger partial charge is 0.379 e. The molecule has 0 aromatic heterocycles. The molecule has 6 heteroatoms. The highest BCUT2D eigenvalue weighted by atomic mass is 35.5. The van der Waals surface area contributed by atoms with E-state index < -0.39 is 6.04 Å². The maximum atomic E-state index is 12.3. The van der Waals surface area contributed by atoms with Crippen LogP contribution in [0.3, 0.4) is 0 Å². The zero-order valence-corrected chi connectivity index (χ0v) is 15.6. The number of hydrogen-bond donors (Lipinski definition) is 1. The fourth-order valence-corrected chi connectivity index (χ4v) is 2.33. The summed E-state index contributed by atoms with van der Waals surface area (Å²) in [7, 11) is 0. The SMILES string of the molecule is CC(=O)N(Cc1ccc(Cl)cc1)C(C)C(=O)NCCCOC(C)C. The van der Waals surface area contributed by atoms with Crippen molar-refractivity contribution in [3.63, 3.8) is 0 Å². The topological polar surface area (TPSA) is 58.6 Å². The van der Waals surface area contributed by atoms with Gasteiger partial charge in [0.1, 0.15) is 6.04 Å². The highest BCUT2D eigenvalue weighted by Gasteiger charge is 2.23. The number of nitrogens with one attached hydrogen (secondary N) is 1. The van der Waals surface area contributed by atoms with E-state index in [-0.39, 0.29) is 17.9 Å². The van der Waals surface area contributed by atoms with E-state index in [9.17, 15) is 9.59 Å². The molecule has 0 saturated heterocycles. The number of carbonyl (C=O) groups is 2. The van der Waals surface area contributed by atoms with Gasteiger partial charge in [0, 0.05) is 31.6 Å². The van der Waals surface area contributed by atoms with Crippen LogP contribution in [0, 0.1) is 0 Å². The lowest BCUT2D eigenvalue weighted by Crippen LogP contribution is -2.47. The average molecular weight is 355 g/mol. The van der Waals surface area contributed by atoms with Crippen molar-refractivity contribution in [1.82, 2.24) is 10.2 Å². The minimum Gasteiger partial charge on any atom is -0.379 e. The van der Waals surface area contributed by atoms with Crippen LogP contribution in [0.5, 0.6) is 0 Å². The average Bonchev–Trinajstić information content (AvgIpc) is 2.52. The minimum atomic E-state index is -0.538. The van der Waals surface area contributed by atoms with E-state index in [1.54, 1.807) is 24.0 Å². The maximum absolute atomic E-state index is 12.3. The Labute approximate surface area is 149 Å². The lowest BCUT2D eigenvalue weighted by atomic mass is 10.1. The molecule has 1 rings (SSSR count). The van der Waals surface area contributed by atoms with E-state index >= 15 is 0 Å². The van der Waals surface area contributed by atoms with Gasteiger partial charge in [0.25, 0.3) is 0 Å². The van der Waals surface area contributed by atoms with Crippen LogP contribution in [0.2, 0.25) is 5.02 Å².